The summed E-state index contributed by atoms with van der Waals surface area (Å²) in [5, 5.41) is 12.4. The number of nitrogens with zero attached hydrogens (tertiary/aromatic N) is 1. The molecule has 1 aromatic heterocycles. The maximum atomic E-state index is 12.8. The first-order valence-corrected chi connectivity index (χ1v) is 9.73. The topological polar surface area (TPSA) is 80.6 Å². The van der Waals surface area contributed by atoms with Crippen molar-refractivity contribution in [3.63, 3.8) is 0 Å². The van der Waals surface area contributed by atoms with Gasteiger partial charge in [0.15, 0.2) is 0 Å². The summed E-state index contributed by atoms with van der Waals surface area (Å²) in [7, 11) is 0. The molecule has 1 aliphatic heterocycles. The highest BCUT2D eigenvalue weighted by molar-refractivity contribution is 5.96. The van der Waals surface area contributed by atoms with E-state index < -0.39 is 11.9 Å². The van der Waals surface area contributed by atoms with Crippen molar-refractivity contribution in [2.75, 3.05) is 19.8 Å². The third kappa shape index (κ3) is 4.28. The van der Waals surface area contributed by atoms with Crippen LogP contribution in [0.3, 0.4) is 0 Å². The van der Waals surface area contributed by atoms with Crippen LogP contribution in [-0.2, 0) is 9.53 Å². The second-order valence-corrected chi connectivity index (χ2v) is 7.56. The second kappa shape index (κ2) is 8.61. The maximum Gasteiger partial charge on any atom is 0.308 e. The Kier molecular flexibility index (Phi) is 6.19. The fourth-order valence-electron chi connectivity index (χ4n) is 4.03. The molecule has 150 valence electrons. The Balaban J connectivity index is 1.75. The number of carboxylic acids is 1. The van der Waals surface area contributed by atoms with Crippen molar-refractivity contribution in [3.05, 3.63) is 52.8 Å². The number of benzene rings is 1. The number of amides is 1. The molecule has 0 bridgehead atoms. The molecule has 1 aliphatic rings. The Morgan fingerprint density at radius 2 is 1.93 bits per heavy atom. The van der Waals surface area contributed by atoms with Crippen LogP contribution in [0, 0.1) is 32.6 Å². The Labute approximate surface area is 165 Å². The summed E-state index contributed by atoms with van der Waals surface area (Å²) >= 11 is 0. The van der Waals surface area contributed by atoms with Crippen LogP contribution in [0.15, 0.2) is 30.3 Å². The highest BCUT2D eigenvalue weighted by atomic mass is 16.5. The van der Waals surface area contributed by atoms with Gasteiger partial charge in [-0.3, -0.25) is 9.59 Å². The summed E-state index contributed by atoms with van der Waals surface area (Å²) in [6.45, 7) is 7.21. The molecule has 1 aromatic carbocycles. The SMILES string of the molecule is Cc1cccc(-n2c(C)cc(C(=O)NCC(C(=O)O)C3CCOCC3)c2C)c1. The van der Waals surface area contributed by atoms with Crippen LogP contribution in [0.2, 0.25) is 0 Å². The van der Waals surface area contributed by atoms with E-state index in [-0.39, 0.29) is 18.4 Å². The quantitative estimate of drug-likeness (QED) is 0.801. The number of aliphatic carboxylic acids is 1. The molecular formula is C22H28N2O4. The smallest absolute Gasteiger partial charge is 0.308 e. The Morgan fingerprint density at radius 1 is 1.21 bits per heavy atom. The number of hydrogen-bond donors (Lipinski definition) is 2. The number of hydrogen-bond acceptors (Lipinski definition) is 3. The number of carbonyl (C=O) groups excluding carboxylic acids is 1. The molecule has 1 amide bonds. The van der Waals surface area contributed by atoms with Crippen LogP contribution in [-0.4, -0.2) is 41.3 Å². The van der Waals surface area contributed by atoms with Gasteiger partial charge in [-0.05, 0) is 63.3 Å². The molecule has 28 heavy (non-hydrogen) atoms. The molecule has 2 aromatic rings. The van der Waals surface area contributed by atoms with Crippen molar-refractivity contribution in [3.8, 4) is 5.69 Å². The molecule has 0 aliphatic carbocycles. The van der Waals surface area contributed by atoms with Gasteiger partial charge in [0, 0.05) is 36.8 Å². The highest BCUT2D eigenvalue weighted by Crippen LogP contribution is 2.25. The molecule has 1 saturated heterocycles. The fourth-order valence-corrected chi connectivity index (χ4v) is 4.03. The van der Waals surface area contributed by atoms with Gasteiger partial charge < -0.3 is 19.7 Å². The van der Waals surface area contributed by atoms with Crippen LogP contribution in [0.1, 0.15) is 40.2 Å². The minimum atomic E-state index is -0.863. The first kappa shape index (κ1) is 20.1. The molecular weight excluding hydrogens is 356 g/mol. The van der Waals surface area contributed by atoms with Gasteiger partial charge in [0.2, 0.25) is 0 Å². The number of carboxylic acid groups (broad SMARTS) is 1. The van der Waals surface area contributed by atoms with Gasteiger partial charge in [-0.15, -0.1) is 0 Å². The average molecular weight is 384 g/mol. The van der Waals surface area contributed by atoms with Gasteiger partial charge in [-0.1, -0.05) is 12.1 Å². The largest absolute Gasteiger partial charge is 0.481 e. The zero-order valence-electron chi connectivity index (χ0n) is 16.7. The monoisotopic (exact) mass is 384 g/mol. The van der Waals surface area contributed by atoms with Crippen LogP contribution >= 0.6 is 0 Å². The van der Waals surface area contributed by atoms with Crippen molar-refractivity contribution in [2.24, 2.45) is 11.8 Å². The van der Waals surface area contributed by atoms with Gasteiger partial charge in [0.25, 0.3) is 5.91 Å². The van der Waals surface area contributed by atoms with E-state index in [1.165, 1.54) is 0 Å². The van der Waals surface area contributed by atoms with E-state index in [0.717, 1.165) is 22.6 Å². The second-order valence-electron chi connectivity index (χ2n) is 7.56. The summed E-state index contributed by atoms with van der Waals surface area (Å²) in [4.78, 5) is 24.5. The van der Waals surface area contributed by atoms with Crippen LogP contribution in [0.5, 0.6) is 0 Å². The zero-order valence-corrected chi connectivity index (χ0v) is 16.7. The molecule has 0 saturated carbocycles. The molecule has 0 spiro atoms. The normalized spacial score (nSPS) is 16.0. The Hall–Kier alpha value is -2.60. The number of ether oxygens (including phenoxy) is 1. The number of aromatic nitrogens is 1. The van der Waals surface area contributed by atoms with Gasteiger partial charge in [0.1, 0.15) is 0 Å². The van der Waals surface area contributed by atoms with Gasteiger partial charge >= 0.3 is 5.97 Å². The first-order chi connectivity index (χ1) is 13.4. The van der Waals surface area contributed by atoms with E-state index in [1.54, 1.807) is 0 Å². The zero-order chi connectivity index (χ0) is 20.3. The lowest BCUT2D eigenvalue weighted by Crippen LogP contribution is -2.39. The van der Waals surface area contributed by atoms with Crippen LogP contribution in [0.4, 0.5) is 0 Å². The number of aryl methyl sites for hydroxylation is 2. The van der Waals surface area contributed by atoms with Gasteiger partial charge in [0.05, 0.1) is 11.5 Å². The third-order valence-electron chi connectivity index (χ3n) is 5.57. The number of rotatable bonds is 6. The van der Waals surface area contributed by atoms with Crippen molar-refractivity contribution in [2.45, 2.75) is 33.6 Å². The predicted molar refractivity (Wildman–Crippen MR) is 107 cm³/mol. The van der Waals surface area contributed by atoms with Crippen molar-refractivity contribution >= 4 is 11.9 Å². The van der Waals surface area contributed by atoms with E-state index in [9.17, 15) is 14.7 Å². The summed E-state index contributed by atoms with van der Waals surface area (Å²) in [5.74, 6) is -1.65. The Morgan fingerprint density at radius 3 is 2.57 bits per heavy atom. The summed E-state index contributed by atoms with van der Waals surface area (Å²) in [6, 6.07) is 9.98. The Bertz CT molecular complexity index is 865. The lowest BCUT2D eigenvalue weighted by Gasteiger charge is -2.27. The number of carbonyl (C=O) groups is 2. The maximum absolute atomic E-state index is 12.8. The molecule has 0 radical (unpaired) electrons. The lowest BCUT2D eigenvalue weighted by atomic mass is 9.86. The molecule has 1 atom stereocenters. The summed E-state index contributed by atoms with van der Waals surface area (Å²) in [5.41, 5.74) is 4.55. The summed E-state index contributed by atoms with van der Waals surface area (Å²) < 4.78 is 7.37. The van der Waals surface area contributed by atoms with Crippen molar-refractivity contribution < 1.29 is 19.4 Å². The summed E-state index contributed by atoms with van der Waals surface area (Å²) in [6.07, 6.45) is 1.43. The minimum Gasteiger partial charge on any atom is -0.481 e. The van der Waals surface area contributed by atoms with E-state index in [2.05, 4.69) is 16.0 Å². The first-order valence-electron chi connectivity index (χ1n) is 9.73. The fraction of sp³-hybridized carbons (Fsp3) is 0.455. The molecule has 2 heterocycles. The van der Waals surface area contributed by atoms with E-state index in [4.69, 9.17) is 4.74 Å². The van der Waals surface area contributed by atoms with Gasteiger partial charge in [-0.25, -0.2) is 0 Å². The van der Waals surface area contributed by atoms with E-state index in [0.29, 0.717) is 31.6 Å². The van der Waals surface area contributed by atoms with Crippen molar-refractivity contribution in [1.82, 2.24) is 9.88 Å². The van der Waals surface area contributed by atoms with Crippen LogP contribution in [0.25, 0.3) is 5.69 Å². The molecule has 6 heteroatoms. The molecule has 6 nitrogen and oxygen atoms in total. The highest BCUT2D eigenvalue weighted by Gasteiger charge is 2.30. The standard InChI is InChI=1S/C22H28N2O4/c1-14-5-4-6-18(11-14)24-15(2)12-19(16(24)3)21(25)23-13-20(22(26)27)17-7-9-28-10-8-17/h4-6,11-12,17,20H,7-10,13H2,1-3H3,(H,23,25)(H,26,27). The number of nitrogens with one attached hydrogen (secondary N) is 1. The van der Waals surface area contributed by atoms with E-state index in [1.807, 2.05) is 45.0 Å². The predicted octanol–water partition coefficient (Wildman–Crippen LogP) is 3.26. The lowest BCUT2D eigenvalue weighted by molar-refractivity contribution is -0.144. The average Bonchev–Trinajstić information content (AvgIpc) is 2.96. The minimum absolute atomic E-state index is 0.0336. The molecule has 2 N–H and O–H groups in total. The van der Waals surface area contributed by atoms with E-state index >= 15 is 0 Å². The third-order valence-corrected chi connectivity index (χ3v) is 5.57. The molecule has 1 unspecified atom stereocenters. The van der Waals surface area contributed by atoms with Crippen LogP contribution < -0.4 is 5.32 Å². The molecule has 1 fully saturated rings. The van der Waals surface area contributed by atoms with Crippen molar-refractivity contribution in [1.29, 1.82) is 0 Å². The molecule has 3 rings (SSSR count). The van der Waals surface area contributed by atoms with Gasteiger partial charge in [-0.2, -0.15) is 0 Å².